The Kier molecular flexibility index (Phi) is 10.1. The Hall–Kier alpha value is -1.66. The molecule has 0 N–H and O–H groups in total. The molecule has 0 aliphatic heterocycles. The van der Waals surface area contributed by atoms with Gasteiger partial charge < -0.3 is 4.74 Å². The molecule has 31 heavy (non-hydrogen) atoms. The molecule has 0 atom stereocenters. The van der Waals surface area contributed by atoms with Gasteiger partial charge in [-0.05, 0) is 112 Å². The first-order valence-electron chi connectivity index (χ1n) is 12.6. The summed E-state index contributed by atoms with van der Waals surface area (Å²) in [5.41, 5.74) is 3.01. The van der Waals surface area contributed by atoms with E-state index in [0.717, 1.165) is 37.7 Å². The quantitative estimate of drug-likeness (QED) is 0.355. The molecular formula is C28H40FNO. The van der Waals surface area contributed by atoms with Crippen molar-refractivity contribution in [2.24, 2.45) is 11.8 Å². The third-order valence-electron chi connectivity index (χ3n) is 7.48. The minimum atomic E-state index is -0.643. The van der Waals surface area contributed by atoms with Crippen molar-refractivity contribution in [2.75, 3.05) is 6.61 Å². The summed E-state index contributed by atoms with van der Waals surface area (Å²) < 4.78 is 19.2. The van der Waals surface area contributed by atoms with Crippen molar-refractivity contribution in [2.45, 2.75) is 102 Å². The van der Waals surface area contributed by atoms with Crippen LogP contribution in [0.3, 0.4) is 0 Å². The molecule has 170 valence electrons. The maximum Gasteiger partial charge on any atom is 0.196 e. The van der Waals surface area contributed by atoms with E-state index in [4.69, 9.17) is 10.00 Å². The lowest BCUT2D eigenvalue weighted by atomic mass is 9.78. The molecule has 3 rings (SSSR count). The Morgan fingerprint density at radius 1 is 1.03 bits per heavy atom. The fraction of sp³-hybridized carbons (Fsp3) is 0.679. The molecule has 0 saturated heterocycles. The average molecular weight is 426 g/mol. The van der Waals surface area contributed by atoms with Crippen molar-refractivity contribution in [1.82, 2.24) is 0 Å². The molecular weight excluding hydrogens is 385 g/mol. The van der Waals surface area contributed by atoms with Crippen LogP contribution in [0.2, 0.25) is 0 Å². The Labute approximate surface area is 188 Å². The molecule has 0 spiro atoms. The molecule has 2 nitrogen and oxygen atoms in total. The van der Waals surface area contributed by atoms with Gasteiger partial charge >= 0.3 is 0 Å². The lowest BCUT2D eigenvalue weighted by molar-refractivity contribution is -0.00824. The summed E-state index contributed by atoms with van der Waals surface area (Å²) in [6.07, 6.45) is 17.0. The molecule has 1 aromatic carbocycles. The smallest absolute Gasteiger partial charge is 0.196 e. The van der Waals surface area contributed by atoms with E-state index >= 15 is 0 Å². The van der Waals surface area contributed by atoms with Gasteiger partial charge in [0.1, 0.15) is 6.07 Å². The van der Waals surface area contributed by atoms with Crippen molar-refractivity contribution in [3.63, 3.8) is 0 Å². The third kappa shape index (κ3) is 8.08. The monoisotopic (exact) mass is 425 g/mol. The highest BCUT2D eigenvalue weighted by Crippen LogP contribution is 2.37. The molecule has 3 heteroatoms. The molecule has 0 aromatic heterocycles. The number of nitrogens with zero attached hydrogens (tertiary/aromatic N) is 1. The van der Waals surface area contributed by atoms with Gasteiger partial charge in [-0.3, -0.25) is 0 Å². The zero-order valence-electron chi connectivity index (χ0n) is 19.3. The van der Waals surface area contributed by atoms with E-state index in [-0.39, 0.29) is 0 Å². The SMILES string of the molecule is CCCCc1ccc([C@H]2CC[C@H](CO[C@H]3CC[C@H](CC/C=C(\F)C#N)CC3)CC2)cc1. The summed E-state index contributed by atoms with van der Waals surface area (Å²) in [5.74, 6) is 1.46. The molecule has 2 saturated carbocycles. The van der Waals surface area contributed by atoms with Gasteiger partial charge in [0, 0.05) is 6.61 Å². The summed E-state index contributed by atoms with van der Waals surface area (Å²) >= 11 is 0. The van der Waals surface area contributed by atoms with Crippen LogP contribution in [-0.2, 0) is 11.2 Å². The average Bonchev–Trinajstić information content (AvgIpc) is 2.83. The number of allylic oxidation sites excluding steroid dienone is 2. The second-order valence-electron chi connectivity index (χ2n) is 9.78. The van der Waals surface area contributed by atoms with Gasteiger partial charge in [0.2, 0.25) is 0 Å². The number of nitriles is 1. The van der Waals surface area contributed by atoms with Crippen LogP contribution in [0.5, 0.6) is 0 Å². The van der Waals surface area contributed by atoms with Gasteiger partial charge in [0.25, 0.3) is 0 Å². The Morgan fingerprint density at radius 2 is 1.71 bits per heavy atom. The van der Waals surface area contributed by atoms with Gasteiger partial charge in [-0.1, -0.05) is 37.6 Å². The Balaban J connectivity index is 1.30. The van der Waals surface area contributed by atoms with Crippen LogP contribution in [0.25, 0.3) is 0 Å². The van der Waals surface area contributed by atoms with Crippen molar-refractivity contribution in [3.05, 3.63) is 47.3 Å². The van der Waals surface area contributed by atoms with Crippen LogP contribution in [-0.4, -0.2) is 12.7 Å². The molecule has 0 bridgehead atoms. The Bertz CT molecular complexity index is 704. The predicted molar refractivity (Wildman–Crippen MR) is 125 cm³/mol. The highest BCUT2D eigenvalue weighted by atomic mass is 19.1. The number of aryl methyl sites for hydroxylation is 1. The maximum atomic E-state index is 12.9. The highest BCUT2D eigenvalue weighted by Gasteiger charge is 2.25. The third-order valence-corrected chi connectivity index (χ3v) is 7.48. The fourth-order valence-electron chi connectivity index (χ4n) is 5.35. The minimum absolute atomic E-state index is 0.413. The summed E-state index contributed by atoms with van der Waals surface area (Å²) in [4.78, 5) is 0. The van der Waals surface area contributed by atoms with Crippen molar-refractivity contribution < 1.29 is 9.13 Å². The van der Waals surface area contributed by atoms with Crippen molar-refractivity contribution in [3.8, 4) is 6.07 Å². The maximum absolute atomic E-state index is 12.9. The van der Waals surface area contributed by atoms with Crippen LogP contribution >= 0.6 is 0 Å². The second-order valence-corrected chi connectivity index (χ2v) is 9.78. The fourth-order valence-corrected chi connectivity index (χ4v) is 5.35. The lowest BCUT2D eigenvalue weighted by Crippen LogP contribution is -2.25. The van der Waals surface area contributed by atoms with E-state index < -0.39 is 5.83 Å². The first-order chi connectivity index (χ1) is 15.2. The number of hydrogen-bond donors (Lipinski definition) is 0. The number of hydrogen-bond acceptors (Lipinski definition) is 2. The molecule has 1 aromatic rings. The van der Waals surface area contributed by atoms with E-state index in [9.17, 15) is 4.39 Å². The zero-order valence-corrected chi connectivity index (χ0v) is 19.3. The van der Waals surface area contributed by atoms with Crippen LogP contribution in [0.1, 0.15) is 101 Å². The minimum Gasteiger partial charge on any atom is -0.378 e. The molecule has 0 heterocycles. The standard InChI is InChI=1S/C28H40FNO/c1-2-3-5-22-8-14-25(15-9-22)26-16-10-24(11-17-26)21-31-28-18-12-23(13-19-28)6-4-7-27(29)20-30/h7-9,14-15,23-24,26,28H,2-6,10-13,16-19,21H2,1H3/b27-7-/t23-,24-,26-,28-. The van der Waals surface area contributed by atoms with E-state index in [1.807, 2.05) is 0 Å². The molecule has 0 amide bonds. The summed E-state index contributed by atoms with van der Waals surface area (Å²) in [6.45, 7) is 3.18. The first-order valence-corrected chi connectivity index (χ1v) is 12.6. The molecule has 2 fully saturated rings. The number of unbranched alkanes of at least 4 members (excludes halogenated alkanes) is 1. The number of halogens is 1. The van der Waals surface area contributed by atoms with Crippen LogP contribution in [0.15, 0.2) is 36.2 Å². The molecule has 0 radical (unpaired) electrons. The number of ether oxygens (including phenoxy) is 1. The number of rotatable bonds is 10. The predicted octanol–water partition coefficient (Wildman–Crippen LogP) is 8.04. The molecule has 0 unspecified atom stereocenters. The Morgan fingerprint density at radius 3 is 2.35 bits per heavy atom. The van der Waals surface area contributed by atoms with Gasteiger partial charge in [0.15, 0.2) is 5.83 Å². The van der Waals surface area contributed by atoms with Gasteiger partial charge in [-0.25, -0.2) is 0 Å². The van der Waals surface area contributed by atoms with Crippen molar-refractivity contribution >= 4 is 0 Å². The summed E-state index contributed by atoms with van der Waals surface area (Å²) in [7, 11) is 0. The molecule has 2 aliphatic carbocycles. The van der Waals surface area contributed by atoms with Crippen molar-refractivity contribution in [1.29, 1.82) is 5.26 Å². The van der Waals surface area contributed by atoms with Crippen LogP contribution < -0.4 is 0 Å². The lowest BCUT2D eigenvalue weighted by Gasteiger charge is -2.32. The van der Waals surface area contributed by atoms with E-state index in [0.29, 0.717) is 18.4 Å². The normalized spacial score (nSPS) is 27.1. The van der Waals surface area contributed by atoms with Gasteiger partial charge in [-0.2, -0.15) is 9.65 Å². The number of benzene rings is 1. The topological polar surface area (TPSA) is 33.0 Å². The van der Waals surface area contributed by atoms with E-state index in [1.54, 1.807) is 6.07 Å². The largest absolute Gasteiger partial charge is 0.378 e. The summed E-state index contributed by atoms with van der Waals surface area (Å²) in [5, 5.41) is 8.47. The second kappa shape index (κ2) is 13.0. The van der Waals surface area contributed by atoms with E-state index in [2.05, 4.69) is 31.2 Å². The van der Waals surface area contributed by atoms with Gasteiger partial charge in [0.05, 0.1) is 6.10 Å². The van der Waals surface area contributed by atoms with E-state index in [1.165, 1.54) is 75.0 Å². The first kappa shape index (κ1) is 24.0. The summed E-state index contributed by atoms with van der Waals surface area (Å²) in [6, 6.07) is 11.0. The zero-order chi connectivity index (χ0) is 21.9. The van der Waals surface area contributed by atoms with Gasteiger partial charge in [-0.15, -0.1) is 0 Å². The highest BCUT2D eigenvalue weighted by molar-refractivity contribution is 5.26. The van der Waals surface area contributed by atoms with Crippen LogP contribution in [0.4, 0.5) is 4.39 Å². The molecule has 2 aliphatic rings. The van der Waals surface area contributed by atoms with Crippen LogP contribution in [0, 0.1) is 23.2 Å².